The Morgan fingerprint density at radius 2 is 2.38 bits per heavy atom. The Kier molecular flexibility index (Phi) is 4.18. The van der Waals surface area contributed by atoms with Crippen molar-refractivity contribution in [3.8, 4) is 11.8 Å². The summed E-state index contributed by atoms with van der Waals surface area (Å²) in [5.74, 6) is 5.34. The summed E-state index contributed by atoms with van der Waals surface area (Å²) < 4.78 is 5.74. The molecule has 0 radical (unpaired) electrons. The van der Waals surface area contributed by atoms with Gasteiger partial charge in [-0.25, -0.2) is 0 Å². The van der Waals surface area contributed by atoms with Gasteiger partial charge in [-0.15, -0.1) is 0 Å². The van der Waals surface area contributed by atoms with Crippen molar-refractivity contribution in [3.63, 3.8) is 0 Å². The van der Waals surface area contributed by atoms with E-state index in [1.54, 1.807) is 18.5 Å². The largest absolute Gasteiger partial charge is 0.384 e. The van der Waals surface area contributed by atoms with Gasteiger partial charge in [0.1, 0.15) is 6.61 Å². The Hall–Kier alpha value is -1.90. The van der Waals surface area contributed by atoms with Gasteiger partial charge in [-0.05, 0) is 25.3 Å². The molecule has 21 heavy (non-hydrogen) atoms. The standard InChI is InChI=1S/C16H18N2O3/c19-7-2-3-12-9-13(11-17-10-12)16(20)18-6-8-21-15-5-1-4-14(15)18/h9-11,14-15,19H,1,4-8H2. The highest BCUT2D eigenvalue weighted by atomic mass is 16.5. The normalized spacial score (nSPS) is 24.1. The molecule has 1 amide bonds. The highest BCUT2D eigenvalue weighted by molar-refractivity contribution is 5.94. The van der Waals surface area contributed by atoms with Crippen LogP contribution in [0.2, 0.25) is 0 Å². The fourth-order valence-electron chi connectivity index (χ4n) is 3.11. The number of hydrogen-bond donors (Lipinski definition) is 1. The van der Waals surface area contributed by atoms with E-state index >= 15 is 0 Å². The van der Waals surface area contributed by atoms with E-state index in [0.29, 0.717) is 24.3 Å². The van der Waals surface area contributed by atoms with Gasteiger partial charge in [-0.1, -0.05) is 11.8 Å². The average Bonchev–Trinajstić information content (AvgIpc) is 3.01. The molecule has 5 heteroatoms. The molecule has 1 N–H and O–H groups in total. The van der Waals surface area contributed by atoms with Crippen LogP contribution in [0.15, 0.2) is 18.5 Å². The molecule has 1 aromatic heterocycles. The third-order valence-corrected chi connectivity index (χ3v) is 4.04. The lowest BCUT2D eigenvalue weighted by molar-refractivity contribution is -0.0445. The third-order valence-electron chi connectivity index (χ3n) is 4.04. The topological polar surface area (TPSA) is 62.7 Å². The van der Waals surface area contributed by atoms with E-state index in [1.807, 2.05) is 4.90 Å². The zero-order chi connectivity index (χ0) is 14.7. The van der Waals surface area contributed by atoms with Gasteiger partial charge >= 0.3 is 0 Å². The van der Waals surface area contributed by atoms with Crippen molar-refractivity contribution in [2.24, 2.45) is 0 Å². The Balaban J connectivity index is 1.81. The van der Waals surface area contributed by atoms with E-state index in [0.717, 1.165) is 19.3 Å². The van der Waals surface area contributed by atoms with Crippen LogP contribution in [0.4, 0.5) is 0 Å². The lowest BCUT2D eigenvalue weighted by Crippen LogP contribution is -2.51. The molecule has 1 saturated carbocycles. The molecule has 2 heterocycles. The molecular formula is C16H18N2O3. The molecule has 1 aliphatic heterocycles. The number of carbonyl (C=O) groups excluding carboxylic acids is 1. The molecule has 2 fully saturated rings. The van der Waals surface area contributed by atoms with Crippen LogP contribution in [0.25, 0.3) is 0 Å². The number of nitrogens with zero attached hydrogens (tertiary/aromatic N) is 2. The first kappa shape index (κ1) is 14.1. The first-order valence-electron chi connectivity index (χ1n) is 7.27. The molecule has 0 spiro atoms. The van der Waals surface area contributed by atoms with Crippen LogP contribution < -0.4 is 0 Å². The molecule has 1 saturated heterocycles. The van der Waals surface area contributed by atoms with Crippen molar-refractivity contribution in [3.05, 3.63) is 29.6 Å². The number of aliphatic hydroxyl groups excluding tert-OH is 1. The summed E-state index contributed by atoms with van der Waals surface area (Å²) in [6.07, 6.45) is 6.51. The summed E-state index contributed by atoms with van der Waals surface area (Å²) in [5, 5.41) is 8.73. The van der Waals surface area contributed by atoms with Crippen molar-refractivity contribution in [1.29, 1.82) is 0 Å². The number of hydrogen-bond acceptors (Lipinski definition) is 4. The Labute approximate surface area is 123 Å². The second-order valence-electron chi connectivity index (χ2n) is 5.33. The Morgan fingerprint density at radius 3 is 3.24 bits per heavy atom. The van der Waals surface area contributed by atoms with Crippen LogP contribution in [0.5, 0.6) is 0 Å². The summed E-state index contributed by atoms with van der Waals surface area (Å²) in [6.45, 7) is 1.03. The number of pyridine rings is 1. The number of morpholine rings is 1. The summed E-state index contributed by atoms with van der Waals surface area (Å²) in [6, 6.07) is 1.93. The number of rotatable bonds is 1. The van der Waals surface area contributed by atoms with Crippen molar-refractivity contribution in [2.75, 3.05) is 19.8 Å². The maximum atomic E-state index is 12.7. The third kappa shape index (κ3) is 2.92. The molecule has 110 valence electrons. The SMILES string of the molecule is O=C(c1cncc(C#CCO)c1)N1CCOC2CCCC21. The second kappa shape index (κ2) is 6.25. The second-order valence-corrected chi connectivity index (χ2v) is 5.33. The zero-order valence-corrected chi connectivity index (χ0v) is 11.8. The van der Waals surface area contributed by atoms with Gasteiger partial charge in [-0.2, -0.15) is 0 Å². The minimum absolute atomic E-state index is 0.00431. The fourth-order valence-corrected chi connectivity index (χ4v) is 3.11. The number of aromatic nitrogens is 1. The summed E-state index contributed by atoms with van der Waals surface area (Å²) in [5.41, 5.74) is 1.19. The van der Waals surface area contributed by atoms with Crippen LogP contribution in [-0.2, 0) is 4.74 Å². The molecule has 3 rings (SSSR count). The van der Waals surface area contributed by atoms with Gasteiger partial charge in [0.15, 0.2) is 0 Å². The number of aliphatic hydroxyl groups is 1. The van der Waals surface area contributed by atoms with Crippen molar-refractivity contribution in [1.82, 2.24) is 9.88 Å². The number of amides is 1. The van der Waals surface area contributed by atoms with Gasteiger partial charge in [0.05, 0.1) is 24.3 Å². The average molecular weight is 286 g/mol. The monoisotopic (exact) mass is 286 g/mol. The van der Waals surface area contributed by atoms with E-state index in [2.05, 4.69) is 16.8 Å². The van der Waals surface area contributed by atoms with Gasteiger partial charge in [0, 0.05) is 24.5 Å². The van der Waals surface area contributed by atoms with E-state index in [4.69, 9.17) is 9.84 Å². The minimum Gasteiger partial charge on any atom is -0.384 e. The summed E-state index contributed by atoms with van der Waals surface area (Å²) in [4.78, 5) is 18.7. The minimum atomic E-state index is -0.203. The summed E-state index contributed by atoms with van der Waals surface area (Å²) in [7, 11) is 0. The number of fused-ring (bicyclic) bond motifs is 1. The van der Waals surface area contributed by atoms with E-state index in [9.17, 15) is 4.79 Å². The zero-order valence-electron chi connectivity index (χ0n) is 11.8. The predicted molar refractivity (Wildman–Crippen MR) is 76.6 cm³/mol. The quantitative estimate of drug-likeness (QED) is 0.776. The van der Waals surface area contributed by atoms with Gasteiger partial charge in [0.2, 0.25) is 0 Å². The molecule has 2 unspecified atom stereocenters. The molecule has 0 aromatic carbocycles. The van der Waals surface area contributed by atoms with Crippen molar-refractivity contribution >= 4 is 5.91 Å². The van der Waals surface area contributed by atoms with Gasteiger partial charge in [0.25, 0.3) is 5.91 Å². The molecule has 1 aromatic rings. The number of ether oxygens (including phenoxy) is 1. The van der Waals surface area contributed by atoms with Crippen LogP contribution in [0, 0.1) is 11.8 Å². The maximum absolute atomic E-state index is 12.7. The Bertz CT molecular complexity index is 591. The molecule has 2 aliphatic rings. The first-order valence-corrected chi connectivity index (χ1v) is 7.27. The van der Waals surface area contributed by atoms with Crippen molar-refractivity contribution < 1.29 is 14.6 Å². The molecule has 1 aliphatic carbocycles. The molecule has 0 bridgehead atoms. The maximum Gasteiger partial charge on any atom is 0.255 e. The Morgan fingerprint density at radius 1 is 1.48 bits per heavy atom. The smallest absolute Gasteiger partial charge is 0.255 e. The fraction of sp³-hybridized carbons (Fsp3) is 0.500. The van der Waals surface area contributed by atoms with E-state index in [1.165, 1.54) is 0 Å². The molecule has 2 atom stereocenters. The molecular weight excluding hydrogens is 268 g/mol. The first-order chi connectivity index (χ1) is 10.3. The number of carbonyl (C=O) groups is 1. The van der Waals surface area contributed by atoms with Crippen LogP contribution in [-0.4, -0.2) is 52.8 Å². The van der Waals surface area contributed by atoms with Crippen molar-refractivity contribution in [2.45, 2.75) is 31.4 Å². The highest BCUT2D eigenvalue weighted by Gasteiger charge is 2.38. The van der Waals surface area contributed by atoms with Gasteiger partial charge in [-0.3, -0.25) is 9.78 Å². The van der Waals surface area contributed by atoms with Gasteiger partial charge < -0.3 is 14.7 Å². The lowest BCUT2D eigenvalue weighted by Gasteiger charge is -2.37. The van der Waals surface area contributed by atoms with Crippen LogP contribution in [0.3, 0.4) is 0 Å². The van der Waals surface area contributed by atoms with Crippen LogP contribution in [0.1, 0.15) is 35.2 Å². The van der Waals surface area contributed by atoms with E-state index < -0.39 is 0 Å². The summed E-state index contributed by atoms with van der Waals surface area (Å²) >= 11 is 0. The predicted octanol–water partition coefficient (Wildman–Crippen LogP) is 0.819. The lowest BCUT2D eigenvalue weighted by atomic mass is 10.1. The molecule has 5 nitrogen and oxygen atoms in total. The van der Waals surface area contributed by atoms with Crippen LogP contribution >= 0.6 is 0 Å². The van der Waals surface area contributed by atoms with E-state index in [-0.39, 0.29) is 24.7 Å². The highest BCUT2D eigenvalue weighted by Crippen LogP contribution is 2.30.